The van der Waals surface area contributed by atoms with Crippen molar-refractivity contribution >= 4 is 0 Å². The third-order valence-electron chi connectivity index (χ3n) is 12.7. The van der Waals surface area contributed by atoms with Crippen LogP contribution in [0.25, 0.3) is 0 Å². The number of hydrogen-bond acceptors (Lipinski definition) is 4. The summed E-state index contributed by atoms with van der Waals surface area (Å²) in [5, 5.41) is 40.7. The first kappa shape index (κ1) is 57.7. The van der Waals surface area contributed by atoms with Gasteiger partial charge in [0.15, 0.2) is 0 Å². The predicted octanol–water partition coefficient (Wildman–Crippen LogP) is 16.2. The molecule has 0 heterocycles. The van der Waals surface area contributed by atoms with Crippen LogP contribution in [0.5, 0.6) is 0 Å². The van der Waals surface area contributed by atoms with Crippen LogP contribution in [0.3, 0.4) is 0 Å². The second-order valence-electron chi connectivity index (χ2n) is 19.2. The zero-order valence-corrected chi connectivity index (χ0v) is 42.6. The Kier molecular flexibility index (Phi) is 31.3. The first-order valence-electron chi connectivity index (χ1n) is 24.5. The van der Waals surface area contributed by atoms with Gasteiger partial charge in [-0.1, -0.05) is 116 Å². The molecule has 4 N–H and O–H groups in total. The molecule has 4 nitrogen and oxygen atoms in total. The SMILES string of the molecule is CC(C)=CCCC(C)=CCCC(C)=CCCC(C)=CCCC(C)=CCCC(C)=CCCC(C)=CCCC(C)=CCCC(C)=CCCC(C)=CCC1=C(C)C(O)C(CO)=C(CO)C1O. The number of aliphatic hydroxyl groups is 4. The molecule has 0 spiro atoms. The molecule has 0 aliphatic heterocycles. The minimum Gasteiger partial charge on any atom is -0.392 e. The van der Waals surface area contributed by atoms with E-state index in [0.29, 0.717) is 28.7 Å². The molecule has 1 aliphatic carbocycles. The topological polar surface area (TPSA) is 80.9 Å². The van der Waals surface area contributed by atoms with E-state index in [1.54, 1.807) is 6.92 Å². The normalized spacial score (nSPS) is 18.3. The van der Waals surface area contributed by atoms with Gasteiger partial charge in [-0.15, -0.1) is 0 Å². The Balaban J connectivity index is 2.30. The molecule has 0 amide bonds. The highest BCUT2D eigenvalue weighted by Gasteiger charge is 2.31. The molecule has 0 radical (unpaired) electrons. The highest BCUT2D eigenvalue weighted by Crippen LogP contribution is 2.33. The molecule has 4 heteroatoms. The summed E-state index contributed by atoms with van der Waals surface area (Å²) < 4.78 is 0. The van der Waals surface area contributed by atoms with Gasteiger partial charge in [-0.2, -0.15) is 0 Å². The third kappa shape index (κ3) is 27.0. The van der Waals surface area contributed by atoms with Crippen LogP contribution in [-0.4, -0.2) is 45.8 Å². The molecule has 0 aromatic heterocycles. The molecular weight excluding hydrogens is 773 g/mol. The monoisotopic (exact) mass is 867 g/mol. The molecule has 0 aromatic rings. The lowest BCUT2D eigenvalue weighted by molar-refractivity contribution is 0.166. The number of rotatable bonds is 31. The minimum atomic E-state index is -0.967. The lowest BCUT2D eigenvalue weighted by Crippen LogP contribution is -2.32. The van der Waals surface area contributed by atoms with Gasteiger partial charge in [-0.05, 0) is 227 Å². The highest BCUT2D eigenvalue weighted by atomic mass is 16.3. The molecule has 2 atom stereocenters. The van der Waals surface area contributed by atoms with Crippen LogP contribution < -0.4 is 0 Å². The van der Waals surface area contributed by atoms with Gasteiger partial charge in [0, 0.05) is 0 Å². The van der Waals surface area contributed by atoms with Crippen LogP contribution in [0.15, 0.2) is 139 Å². The van der Waals surface area contributed by atoms with Crippen molar-refractivity contribution in [1.29, 1.82) is 0 Å². The van der Waals surface area contributed by atoms with Gasteiger partial charge in [-0.3, -0.25) is 0 Å². The Bertz CT molecular complexity index is 1750. The molecule has 0 saturated heterocycles. The Hall–Kier alpha value is -3.28. The quantitative estimate of drug-likeness (QED) is 0.0523. The molecule has 0 fully saturated rings. The number of allylic oxidation sites excluding steroid dienone is 20. The molecule has 0 saturated carbocycles. The van der Waals surface area contributed by atoms with Gasteiger partial charge in [0.05, 0.1) is 25.4 Å². The van der Waals surface area contributed by atoms with Crippen molar-refractivity contribution in [3.63, 3.8) is 0 Å². The molecule has 1 rings (SSSR count). The summed E-state index contributed by atoms with van der Waals surface area (Å²) in [5.41, 5.74) is 16.6. The average Bonchev–Trinajstić information content (AvgIpc) is 3.21. The molecule has 0 bridgehead atoms. The molecular formula is C59H94O4. The molecule has 63 heavy (non-hydrogen) atoms. The lowest BCUT2D eigenvalue weighted by Gasteiger charge is -2.31. The van der Waals surface area contributed by atoms with Crippen LogP contribution in [0.4, 0.5) is 0 Å². The Morgan fingerprint density at radius 2 is 0.556 bits per heavy atom. The van der Waals surface area contributed by atoms with Gasteiger partial charge < -0.3 is 20.4 Å². The fourth-order valence-corrected chi connectivity index (χ4v) is 8.02. The van der Waals surface area contributed by atoms with Gasteiger partial charge in [0.25, 0.3) is 0 Å². The van der Waals surface area contributed by atoms with E-state index in [2.05, 4.69) is 137 Å². The fraction of sp³-hybridized carbons (Fsp3) is 0.593. The first-order valence-corrected chi connectivity index (χ1v) is 24.5. The number of hydrogen-bond donors (Lipinski definition) is 4. The molecule has 0 aromatic carbocycles. The van der Waals surface area contributed by atoms with Crippen molar-refractivity contribution in [1.82, 2.24) is 0 Å². The van der Waals surface area contributed by atoms with E-state index in [9.17, 15) is 20.4 Å². The van der Waals surface area contributed by atoms with E-state index >= 15 is 0 Å². The van der Waals surface area contributed by atoms with Crippen LogP contribution in [0.2, 0.25) is 0 Å². The summed E-state index contributed by atoms with van der Waals surface area (Å²) in [4.78, 5) is 0. The average molecular weight is 867 g/mol. The van der Waals surface area contributed by atoms with Crippen molar-refractivity contribution in [3.05, 3.63) is 139 Å². The van der Waals surface area contributed by atoms with Crippen LogP contribution in [0.1, 0.15) is 205 Å². The van der Waals surface area contributed by atoms with Crippen molar-refractivity contribution in [2.24, 2.45) is 0 Å². The van der Waals surface area contributed by atoms with E-state index in [-0.39, 0.29) is 13.2 Å². The second kappa shape index (κ2) is 34.1. The summed E-state index contributed by atoms with van der Waals surface area (Å²) in [6.07, 6.45) is 42.5. The molecule has 1 aliphatic rings. The van der Waals surface area contributed by atoms with E-state index in [1.165, 1.54) is 75.0 Å². The second-order valence-corrected chi connectivity index (χ2v) is 19.2. The van der Waals surface area contributed by atoms with Crippen molar-refractivity contribution in [3.8, 4) is 0 Å². The summed E-state index contributed by atoms with van der Waals surface area (Å²) in [6, 6.07) is 0. The Morgan fingerprint density at radius 1 is 0.333 bits per heavy atom. The highest BCUT2D eigenvalue weighted by molar-refractivity contribution is 5.44. The zero-order chi connectivity index (χ0) is 47.2. The maximum Gasteiger partial charge on any atom is 0.0994 e. The summed E-state index contributed by atoms with van der Waals surface area (Å²) in [7, 11) is 0. The first-order chi connectivity index (χ1) is 30.0. The van der Waals surface area contributed by atoms with E-state index in [0.717, 1.165) is 96.3 Å². The van der Waals surface area contributed by atoms with Crippen molar-refractivity contribution in [2.75, 3.05) is 13.2 Å². The lowest BCUT2D eigenvalue weighted by atomic mass is 9.81. The summed E-state index contributed by atoms with van der Waals surface area (Å²) in [6.45, 7) is 25.7. The number of aliphatic hydroxyl groups excluding tert-OH is 4. The maximum atomic E-state index is 10.8. The van der Waals surface area contributed by atoms with Gasteiger partial charge in [0.2, 0.25) is 0 Å². The Labute approximate surface area is 388 Å². The Morgan fingerprint density at radius 3 is 0.794 bits per heavy atom. The largest absolute Gasteiger partial charge is 0.392 e. The molecule has 2 unspecified atom stereocenters. The van der Waals surface area contributed by atoms with E-state index in [4.69, 9.17) is 0 Å². The standard InChI is InChI=1S/C59H94O4/c1-44(2)22-13-23-45(3)24-14-25-46(4)26-15-27-47(5)28-16-29-48(6)30-17-31-49(7)32-18-33-50(8)34-19-35-51(9)36-20-37-52(10)38-21-39-53(11)40-41-55-54(12)58(62)56(42-60)57(43-61)59(55)63/h22,24,26,28,30,32,34,36,38,40,58-63H,13-21,23,25,27,29,31,33,35,37,39,41-43H2,1-12H3. The predicted molar refractivity (Wildman–Crippen MR) is 277 cm³/mol. The van der Waals surface area contributed by atoms with Crippen molar-refractivity contribution < 1.29 is 20.4 Å². The minimum absolute atomic E-state index is 0.310. The summed E-state index contributed by atoms with van der Waals surface area (Å²) in [5.74, 6) is 0. The van der Waals surface area contributed by atoms with Gasteiger partial charge in [0.1, 0.15) is 0 Å². The van der Waals surface area contributed by atoms with Crippen LogP contribution >= 0.6 is 0 Å². The summed E-state index contributed by atoms with van der Waals surface area (Å²) >= 11 is 0. The van der Waals surface area contributed by atoms with Gasteiger partial charge in [-0.25, -0.2) is 0 Å². The maximum absolute atomic E-state index is 10.8. The molecule has 354 valence electrons. The smallest absolute Gasteiger partial charge is 0.0994 e. The van der Waals surface area contributed by atoms with Crippen LogP contribution in [-0.2, 0) is 0 Å². The van der Waals surface area contributed by atoms with E-state index in [1.807, 2.05) is 0 Å². The van der Waals surface area contributed by atoms with Gasteiger partial charge >= 0.3 is 0 Å². The van der Waals surface area contributed by atoms with Crippen LogP contribution in [0, 0.1) is 0 Å². The van der Waals surface area contributed by atoms with E-state index < -0.39 is 12.2 Å². The van der Waals surface area contributed by atoms with Crippen molar-refractivity contribution in [2.45, 2.75) is 217 Å². The fourth-order valence-electron chi connectivity index (χ4n) is 8.02. The zero-order valence-electron chi connectivity index (χ0n) is 42.6. The third-order valence-corrected chi connectivity index (χ3v) is 12.7.